The second-order valence-electron chi connectivity index (χ2n) is 11.5. The summed E-state index contributed by atoms with van der Waals surface area (Å²) in [4.78, 5) is 16.6. The predicted molar refractivity (Wildman–Crippen MR) is 153 cm³/mol. The molecule has 0 fully saturated rings. The first-order valence-electron chi connectivity index (χ1n) is 13.4. The number of H-pyrrole nitrogens is 1. The van der Waals surface area contributed by atoms with Gasteiger partial charge in [-0.25, -0.2) is 4.79 Å². The van der Waals surface area contributed by atoms with E-state index >= 15 is 0 Å². The van der Waals surface area contributed by atoms with Gasteiger partial charge in [0.15, 0.2) is 8.32 Å². The average molecular weight is 528 g/mol. The highest BCUT2D eigenvalue weighted by atomic mass is 28.4. The van der Waals surface area contributed by atoms with E-state index in [0.29, 0.717) is 18.9 Å². The minimum Gasteiger partial charge on any atom is -0.461 e. The van der Waals surface area contributed by atoms with Crippen LogP contribution in [0.25, 0.3) is 22.0 Å². The Morgan fingerprint density at radius 2 is 1.89 bits per heavy atom. The van der Waals surface area contributed by atoms with E-state index in [4.69, 9.17) is 9.16 Å². The number of nitrogens with zero attached hydrogens (tertiary/aromatic N) is 2. The number of hydrogen-bond acceptors (Lipinski definition) is 5. The minimum absolute atomic E-state index is 0.0744. The van der Waals surface area contributed by atoms with Crippen molar-refractivity contribution in [2.24, 2.45) is 7.05 Å². The number of aromatic amines is 1. The van der Waals surface area contributed by atoms with Crippen LogP contribution in [0, 0.1) is 6.92 Å². The van der Waals surface area contributed by atoms with Gasteiger partial charge in [0.05, 0.1) is 30.1 Å². The van der Waals surface area contributed by atoms with Gasteiger partial charge >= 0.3 is 5.97 Å². The maximum atomic E-state index is 13.2. The zero-order valence-electron chi connectivity index (χ0n) is 24.3. The molecule has 0 unspecified atom stereocenters. The van der Waals surface area contributed by atoms with Crippen LogP contribution < -0.4 is 0 Å². The van der Waals surface area contributed by atoms with Gasteiger partial charge in [-0.2, -0.15) is 5.10 Å². The van der Waals surface area contributed by atoms with Gasteiger partial charge in [0.25, 0.3) is 0 Å². The molecule has 3 aromatic rings. The number of fused-ring (bicyclic) bond motifs is 1. The molecule has 0 saturated carbocycles. The van der Waals surface area contributed by atoms with Gasteiger partial charge in [0.1, 0.15) is 5.69 Å². The van der Waals surface area contributed by atoms with Gasteiger partial charge in [-0.05, 0) is 61.9 Å². The molecule has 3 rings (SSSR count). The number of benzene rings is 1. The van der Waals surface area contributed by atoms with E-state index in [-0.39, 0.29) is 23.5 Å². The highest BCUT2D eigenvalue weighted by Gasteiger charge is 2.37. The summed E-state index contributed by atoms with van der Waals surface area (Å²) < 4.78 is 13.7. The lowest BCUT2D eigenvalue weighted by Gasteiger charge is -2.36. The SMILES string of the molecule is CCOC(=O)c1[nH]c2c(-c3c(CC)nn(C)c3CO)c(C)ccc2c1[C@H](C)CCO[Si](C)(C)C(C)(C)C. The molecule has 2 aromatic heterocycles. The molecule has 2 heterocycles. The molecular formula is C29H45N3O4Si. The zero-order valence-corrected chi connectivity index (χ0v) is 25.3. The van der Waals surface area contributed by atoms with Gasteiger partial charge in [-0.1, -0.05) is 46.8 Å². The van der Waals surface area contributed by atoms with Gasteiger partial charge < -0.3 is 19.3 Å². The monoisotopic (exact) mass is 527 g/mol. The topological polar surface area (TPSA) is 89.4 Å². The molecule has 37 heavy (non-hydrogen) atoms. The molecule has 204 valence electrons. The fraction of sp³-hybridized carbons (Fsp3) is 0.586. The summed E-state index contributed by atoms with van der Waals surface area (Å²) in [6.45, 7) is 20.2. The Balaban J connectivity index is 2.16. The number of aromatic nitrogens is 3. The van der Waals surface area contributed by atoms with Crippen LogP contribution in [0.1, 0.15) is 86.9 Å². The lowest BCUT2D eigenvalue weighted by atomic mass is 9.91. The molecule has 0 aliphatic heterocycles. The van der Waals surface area contributed by atoms with E-state index in [1.54, 1.807) is 4.68 Å². The third kappa shape index (κ3) is 5.56. The quantitative estimate of drug-likeness (QED) is 0.228. The van der Waals surface area contributed by atoms with E-state index < -0.39 is 8.32 Å². The van der Waals surface area contributed by atoms with Gasteiger partial charge in [-0.15, -0.1) is 0 Å². The molecule has 8 heteroatoms. The van der Waals surface area contributed by atoms with Crippen molar-refractivity contribution >= 4 is 25.2 Å². The molecule has 0 amide bonds. The molecule has 0 aliphatic carbocycles. The second kappa shape index (κ2) is 11.1. The van der Waals surface area contributed by atoms with Crippen LogP contribution in [0.5, 0.6) is 0 Å². The fourth-order valence-electron chi connectivity index (χ4n) is 4.78. The van der Waals surface area contributed by atoms with Crippen LogP contribution in [0.15, 0.2) is 12.1 Å². The lowest BCUT2D eigenvalue weighted by molar-refractivity contribution is 0.0518. The number of hydrogen-bond donors (Lipinski definition) is 2. The Hall–Kier alpha value is -2.42. The molecule has 0 radical (unpaired) electrons. The van der Waals surface area contributed by atoms with E-state index in [0.717, 1.165) is 57.4 Å². The Morgan fingerprint density at radius 1 is 1.22 bits per heavy atom. The van der Waals surface area contributed by atoms with E-state index in [9.17, 15) is 9.90 Å². The smallest absolute Gasteiger partial charge is 0.355 e. The van der Waals surface area contributed by atoms with E-state index in [2.05, 4.69) is 76.9 Å². The highest BCUT2D eigenvalue weighted by molar-refractivity contribution is 6.74. The van der Waals surface area contributed by atoms with Crippen LogP contribution in [0.2, 0.25) is 18.1 Å². The number of carbonyl (C=O) groups is 1. The van der Waals surface area contributed by atoms with Gasteiger partial charge in [0, 0.05) is 30.2 Å². The Labute approximate surface area is 222 Å². The maximum Gasteiger partial charge on any atom is 0.355 e. The zero-order chi connectivity index (χ0) is 27.7. The second-order valence-corrected chi connectivity index (χ2v) is 16.3. The number of aliphatic hydroxyl groups is 1. The lowest BCUT2D eigenvalue weighted by Crippen LogP contribution is -2.41. The third-order valence-electron chi connectivity index (χ3n) is 7.99. The van der Waals surface area contributed by atoms with Crippen molar-refractivity contribution in [1.82, 2.24) is 14.8 Å². The summed E-state index contributed by atoms with van der Waals surface area (Å²) in [6, 6.07) is 4.19. The van der Waals surface area contributed by atoms with Crippen LogP contribution >= 0.6 is 0 Å². The van der Waals surface area contributed by atoms with E-state index in [1.807, 2.05) is 14.0 Å². The molecule has 0 bridgehead atoms. The predicted octanol–water partition coefficient (Wildman–Crippen LogP) is 6.62. The van der Waals surface area contributed by atoms with Crippen LogP contribution in [-0.2, 0) is 29.2 Å². The minimum atomic E-state index is -1.87. The fourth-order valence-corrected chi connectivity index (χ4v) is 5.84. The number of carbonyl (C=O) groups excluding carboxylic acids is 1. The molecular weight excluding hydrogens is 482 g/mol. The molecule has 0 aliphatic rings. The van der Waals surface area contributed by atoms with Crippen LogP contribution in [0.3, 0.4) is 0 Å². The molecule has 1 aromatic carbocycles. The van der Waals surface area contributed by atoms with Crippen molar-refractivity contribution in [2.75, 3.05) is 13.2 Å². The van der Waals surface area contributed by atoms with Crippen molar-refractivity contribution in [1.29, 1.82) is 0 Å². The number of rotatable bonds is 10. The Morgan fingerprint density at radius 3 is 2.46 bits per heavy atom. The van der Waals surface area contributed by atoms with Gasteiger partial charge in [-0.3, -0.25) is 4.68 Å². The maximum absolute atomic E-state index is 13.2. The third-order valence-corrected chi connectivity index (χ3v) is 12.5. The van der Waals surface area contributed by atoms with Crippen molar-refractivity contribution in [3.63, 3.8) is 0 Å². The Bertz CT molecular complexity index is 1270. The number of nitrogens with one attached hydrogen (secondary N) is 1. The first-order valence-corrected chi connectivity index (χ1v) is 16.3. The summed E-state index contributed by atoms with van der Waals surface area (Å²) in [6.07, 6.45) is 1.53. The normalized spacial score (nSPS) is 13.4. The molecule has 0 saturated heterocycles. The standard InChI is InChI=1S/C29H45N3O4Si/c1-11-21-25(22(17-33)32(8)31-21)24-18(3)13-14-20-23(27(30-26(20)24)28(34)35-12-2)19(4)15-16-36-37(9,10)29(5,6)7/h13-14,19,30,33H,11-12,15-17H2,1-10H3/t19-/m1/s1. The average Bonchev–Trinajstić information content (AvgIpc) is 3.35. The summed E-state index contributed by atoms with van der Waals surface area (Å²) in [5.41, 5.74) is 7.00. The molecule has 0 spiro atoms. The summed E-state index contributed by atoms with van der Waals surface area (Å²) >= 11 is 0. The number of aryl methyl sites for hydroxylation is 3. The highest BCUT2D eigenvalue weighted by Crippen LogP contribution is 2.41. The summed E-state index contributed by atoms with van der Waals surface area (Å²) in [5.74, 6) is -0.274. The first kappa shape index (κ1) is 29.1. The number of ether oxygens (including phenoxy) is 1. The largest absolute Gasteiger partial charge is 0.461 e. The molecule has 7 nitrogen and oxygen atoms in total. The van der Waals surface area contributed by atoms with Crippen LogP contribution in [0.4, 0.5) is 0 Å². The van der Waals surface area contributed by atoms with Crippen molar-refractivity contribution < 1.29 is 19.1 Å². The van der Waals surface area contributed by atoms with Crippen LogP contribution in [-0.4, -0.2) is 47.4 Å². The summed E-state index contributed by atoms with van der Waals surface area (Å²) in [7, 11) is -0.0106. The van der Waals surface area contributed by atoms with Crippen molar-refractivity contribution in [3.05, 3.63) is 40.3 Å². The first-order chi connectivity index (χ1) is 17.3. The van der Waals surface area contributed by atoms with Gasteiger partial charge in [0.2, 0.25) is 0 Å². The number of esters is 1. The molecule has 2 N–H and O–H groups in total. The van der Waals surface area contributed by atoms with E-state index in [1.165, 1.54) is 0 Å². The molecule has 1 atom stereocenters. The Kier molecular flexibility index (Phi) is 8.77. The summed E-state index contributed by atoms with van der Waals surface area (Å²) in [5, 5.41) is 16.0. The number of aliphatic hydroxyl groups excluding tert-OH is 1. The van der Waals surface area contributed by atoms with Crippen molar-refractivity contribution in [2.45, 2.75) is 92.0 Å². The van der Waals surface area contributed by atoms with Crippen molar-refractivity contribution in [3.8, 4) is 11.1 Å².